The third kappa shape index (κ3) is 5.62. The van der Waals surface area contributed by atoms with Crippen LogP contribution in [0.4, 0.5) is 24.7 Å². The van der Waals surface area contributed by atoms with E-state index >= 15 is 0 Å². The minimum Gasteiger partial charge on any atom is -0.380 e. The minimum atomic E-state index is -4.45. The van der Waals surface area contributed by atoms with Crippen LogP contribution in [0, 0.1) is 0 Å². The number of nitrogens with zero attached hydrogens (tertiary/aromatic N) is 3. The van der Waals surface area contributed by atoms with E-state index in [2.05, 4.69) is 25.5 Å². The number of amides is 2. The Balaban J connectivity index is 1.27. The SMILES string of the molecule is O=C(Nc1ccc2c(N3CCC3)nc(-c3ccc(C(F)(F)F)cc3)nc2c1)c1cc(CNC(=O)C2(O)CC2)ccc1Cl. The molecule has 216 valence electrons. The molecule has 1 aliphatic carbocycles. The molecule has 4 aromatic rings. The third-order valence-electron chi connectivity index (χ3n) is 7.44. The van der Waals surface area contributed by atoms with Gasteiger partial charge in [-0.25, -0.2) is 9.97 Å². The van der Waals surface area contributed by atoms with E-state index in [0.29, 0.717) is 41.0 Å². The molecule has 2 aliphatic rings. The summed E-state index contributed by atoms with van der Waals surface area (Å²) in [5.74, 6) is 0.0196. The highest BCUT2D eigenvalue weighted by molar-refractivity contribution is 6.34. The van der Waals surface area contributed by atoms with Crippen LogP contribution < -0.4 is 15.5 Å². The number of alkyl halides is 3. The highest BCUT2D eigenvalue weighted by Gasteiger charge is 2.47. The summed E-state index contributed by atoms with van der Waals surface area (Å²) in [5, 5.41) is 16.4. The smallest absolute Gasteiger partial charge is 0.380 e. The van der Waals surface area contributed by atoms with Crippen LogP contribution >= 0.6 is 11.6 Å². The van der Waals surface area contributed by atoms with Crippen LogP contribution in [-0.4, -0.2) is 45.6 Å². The number of anilines is 2. The maximum absolute atomic E-state index is 13.2. The number of carbonyl (C=O) groups is 2. The number of hydrogen-bond donors (Lipinski definition) is 3. The molecule has 12 heteroatoms. The Morgan fingerprint density at radius 2 is 1.74 bits per heavy atom. The molecule has 3 aromatic carbocycles. The van der Waals surface area contributed by atoms with Gasteiger partial charge in [-0.05, 0) is 67.3 Å². The Morgan fingerprint density at radius 3 is 2.38 bits per heavy atom. The molecule has 1 saturated carbocycles. The van der Waals surface area contributed by atoms with Crippen molar-refractivity contribution in [1.29, 1.82) is 0 Å². The number of aromatic nitrogens is 2. The molecular weight excluding hydrogens is 571 g/mol. The van der Waals surface area contributed by atoms with E-state index in [9.17, 15) is 27.9 Å². The lowest BCUT2D eigenvalue weighted by Crippen LogP contribution is -2.37. The van der Waals surface area contributed by atoms with Gasteiger partial charge >= 0.3 is 6.18 Å². The maximum atomic E-state index is 13.2. The van der Waals surface area contributed by atoms with Crippen LogP contribution in [0.1, 0.15) is 40.7 Å². The molecule has 1 saturated heterocycles. The third-order valence-corrected chi connectivity index (χ3v) is 7.77. The zero-order valence-electron chi connectivity index (χ0n) is 22.1. The van der Waals surface area contributed by atoms with Crippen LogP contribution in [0.3, 0.4) is 0 Å². The molecule has 0 spiro atoms. The quantitative estimate of drug-likeness (QED) is 0.258. The van der Waals surface area contributed by atoms with E-state index in [-0.39, 0.29) is 23.0 Å². The number of nitrogens with one attached hydrogen (secondary N) is 2. The van der Waals surface area contributed by atoms with Crippen molar-refractivity contribution in [2.24, 2.45) is 0 Å². The number of benzene rings is 3. The number of aliphatic hydroxyl groups is 1. The molecule has 1 aromatic heterocycles. The Morgan fingerprint density at radius 1 is 1.00 bits per heavy atom. The standard InChI is InChI=1S/C30H25ClF3N5O3/c31-23-9-2-17(16-35-28(41)29(42)10-11-29)14-22(23)27(40)36-20-7-8-21-24(15-20)37-25(38-26(21)39-12-1-13-39)18-3-5-19(6-4-18)30(32,33)34/h2-9,14-15,42H,1,10-13,16H2,(H,35,41)(H,36,40). The first-order valence-electron chi connectivity index (χ1n) is 13.3. The van der Waals surface area contributed by atoms with Gasteiger partial charge in [0.2, 0.25) is 0 Å². The Bertz CT molecular complexity index is 1700. The maximum Gasteiger partial charge on any atom is 0.416 e. The minimum absolute atomic E-state index is 0.123. The molecule has 2 heterocycles. The lowest BCUT2D eigenvalue weighted by Gasteiger charge is -2.33. The monoisotopic (exact) mass is 595 g/mol. The first kappa shape index (κ1) is 27.9. The van der Waals surface area contributed by atoms with Crippen molar-refractivity contribution < 1.29 is 27.9 Å². The number of halogens is 4. The fourth-order valence-electron chi connectivity index (χ4n) is 4.64. The second-order valence-corrected chi connectivity index (χ2v) is 10.9. The molecule has 1 aliphatic heterocycles. The summed E-state index contributed by atoms with van der Waals surface area (Å²) in [6, 6.07) is 14.7. The first-order valence-corrected chi connectivity index (χ1v) is 13.7. The number of rotatable bonds is 7. The Labute approximate surface area is 243 Å². The average Bonchev–Trinajstić information content (AvgIpc) is 3.69. The molecule has 0 atom stereocenters. The second kappa shape index (κ2) is 10.6. The average molecular weight is 596 g/mol. The van der Waals surface area contributed by atoms with E-state index in [4.69, 9.17) is 11.6 Å². The molecule has 8 nitrogen and oxygen atoms in total. The second-order valence-electron chi connectivity index (χ2n) is 10.5. The van der Waals surface area contributed by atoms with Crippen molar-refractivity contribution >= 4 is 45.8 Å². The topological polar surface area (TPSA) is 107 Å². The predicted molar refractivity (Wildman–Crippen MR) is 152 cm³/mol. The van der Waals surface area contributed by atoms with Crippen molar-refractivity contribution in [3.8, 4) is 11.4 Å². The van der Waals surface area contributed by atoms with Gasteiger partial charge in [0, 0.05) is 36.3 Å². The highest BCUT2D eigenvalue weighted by Crippen LogP contribution is 2.36. The number of hydrogen-bond acceptors (Lipinski definition) is 6. The Kier molecular flexibility index (Phi) is 7.02. The van der Waals surface area contributed by atoms with Gasteiger partial charge in [0.05, 0.1) is 21.7 Å². The van der Waals surface area contributed by atoms with Gasteiger partial charge in [0.15, 0.2) is 5.82 Å². The van der Waals surface area contributed by atoms with Gasteiger partial charge < -0.3 is 20.6 Å². The molecule has 2 amide bonds. The van der Waals surface area contributed by atoms with Gasteiger partial charge in [-0.3, -0.25) is 9.59 Å². The summed E-state index contributed by atoms with van der Waals surface area (Å²) in [4.78, 5) is 36.6. The van der Waals surface area contributed by atoms with Crippen molar-refractivity contribution in [3.63, 3.8) is 0 Å². The largest absolute Gasteiger partial charge is 0.416 e. The van der Waals surface area contributed by atoms with Crippen molar-refractivity contribution in [2.45, 2.75) is 37.6 Å². The van der Waals surface area contributed by atoms with Crippen LogP contribution in [-0.2, 0) is 17.5 Å². The molecule has 6 rings (SSSR count). The van der Waals surface area contributed by atoms with Gasteiger partial charge in [0.25, 0.3) is 11.8 Å². The van der Waals surface area contributed by atoms with Gasteiger partial charge in [0.1, 0.15) is 11.4 Å². The summed E-state index contributed by atoms with van der Waals surface area (Å²) < 4.78 is 39.2. The van der Waals surface area contributed by atoms with Crippen LogP contribution in [0.5, 0.6) is 0 Å². The lowest BCUT2D eigenvalue weighted by molar-refractivity contribution is -0.137. The predicted octanol–water partition coefficient (Wildman–Crippen LogP) is 5.57. The normalized spacial score (nSPS) is 15.7. The van der Waals surface area contributed by atoms with Crippen molar-refractivity contribution in [1.82, 2.24) is 15.3 Å². The summed E-state index contributed by atoms with van der Waals surface area (Å²) >= 11 is 6.32. The van der Waals surface area contributed by atoms with E-state index in [1.54, 1.807) is 36.4 Å². The molecule has 3 N–H and O–H groups in total. The van der Waals surface area contributed by atoms with Crippen molar-refractivity contribution in [2.75, 3.05) is 23.3 Å². The van der Waals surface area contributed by atoms with E-state index in [1.807, 2.05) is 0 Å². The Hall–Kier alpha value is -4.22. The molecule has 42 heavy (non-hydrogen) atoms. The summed E-state index contributed by atoms with van der Waals surface area (Å²) in [6.45, 7) is 1.72. The zero-order chi connectivity index (χ0) is 29.6. The van der Waals surface area contributed by atoms with Crippen molar-refractivity contribution in [3.05, 3.63) is 82.4 Å². The molecule has 0 bridgehead atoms. The summed E-state index contributed by atoms with van der Waals surface area (Å²) in [5.41, 5.74) is 0.159. The summed E-state index contributed by atoms with van der Waals surface area (Å²) in [6.07, 6.45) is -2.60. The molecule has 0 unspecified atom stereocenters. The first-order chi connectivity index (χ1) is 20.0. The number of fused-ring (bicyclic) bond motifs is 1. The van der Waals surface area contributed by atoms with E-state index in [0.717, 1.165) is 37.0 Å². The fraction of sp³-hybridized carbons (Fsp3) is 0.267. The fourth-order valence-corrected chi connectivity index (χ4v) is 4.85. The molecular formula is C30H25ClF3N5O3. The van der Waals surface area contributed by atoms with Gasteiger partial charge in [-0.15, -0.1) is 0 Å². The molecule has 0 radical (unpaired) electrons. The summed E-state index contributed by atoms with van der Waals surface area (Å²) in [7, 11) is 0. The molecule has 2 fully saturated rings. The van der Waals surface area contributed by atoms with E-state index < -0.39 is 29.2 Å². The van der Waals surface area contributed by atoms with Gasteiger partial charge in [-0.1, -0.05) is 29.8 Å². The van der Waals surface area contributed by atoms with E-state index in [1.165, 1.54) is 12.1 Å². The van der Waals surface area contributed by atoms with Crippen LogP contribution in [0.2, 0.25) is 5.02 Å². The highest BCUT2D eigenvalue weighted by atomic mass is 35.5. The zero-order valence-corrected chi connectivity index (χ0v) is 22.9. The van der Waals surface area contributed by atoms with Crippen LogP contribution in [0.15, 0.2) is 60.7 Å². The van der Waals surface area contributed by atoms with Gasteiger partial charge in [-0.2, -0.15) is 13.2 Å². The van der Waals surface area contributed by atoms with Crippen LogP contribution in [0.25, 0.3) is 22.3 Å². The lowest BCUT2D eigenvalue weighted by atomic mass is 10.1. The number of carbonyl (C=O) groups excluding carboxylic acids is 2.